The van der Waals surface area contributed by atoms with Crippen molar-refractivity contribution in [3.05, 3.63) is 48.0 Å². The van der Waals surface area contributed by atoms with Crippen LogP contribution in [0.3, 0.4) is 0 Å². The number of ether oxygens (including phenoxy) is 2. The van der Waals surface area contributed by atoms with Gasteiger partial charge in [-0.15, -0.1) is 0 Å². The van der Waals surface area contributed by atoms with Crippen LogP contribution in [0.2, 0.25) is 0 Å². The van der Waals surface area contributed by atoms with Gasteiger partial charge in [-0.25, -0.2) is 0 Å². The van der Waals surface area contributed by atoms with Crippen LogP contribution in [0.4, 0.5) is 10.5 Å². The Hall–Kier alpha value is -3.00. The van der Waals surface area contributed by atoms with Gasteiger partial charge >= 0.3 is 5.97 Å². The molecule has 0 radical (unpaired) electrons. The highest BCUT2D eigenvalue weighted by Gasteiger charge is 2.31. The van der Waals surface area contributed by atoms with Gasteiger partial charge in [0.2, 0.25) is 5.91 Å². The number of rotatable bonds is 6. The number of nitrogen functional groups attached to an aromatic ring is 1. The summed E-state index contributed by atoms with van der Waals surface area (Å²) in [5.74, 6) is 0.368. The fourth-order valence-electron chi connectivity index (χ4n) is 2.47. The summed E-state index contributed by atoms with van der Waals surface area (Å²) in [6.45, 7) is 1.69. The second-order valence-corrected chi connectivity index (χ2v) is 7.01. The maximum absolute atomic E-state index is 11.6. The Labute approximate surface area is 160 Å². The number of para-hydroxylation sites is 1. The number of nitrogens with one attached hydrogen (secondary N) is 1. The topological polar surface area (TPSA) is 108 Å². The fraction of sp³-hybridized carbons (Fsp3) is 0.211. The van der Waals surface area contributed by atoms with Crippen LogP contribution in [-0.4, -0.2) is 22.4 Å². The minimum absolute atomic E-state index is 0.186. The van der Waals surface area contributed by atoms with Gasteiger partial charge in [-0.2, -0.15) is 0 Å². The van der Waals surface area contributed by atoms with Crippen molar-refractivity contribution >= 4 is 34.6 Å². The van der Waals surface area contributed by atoms with Crippen LogP contribution in [0.1, 0.15) is 18.9 Å². The number of nitrogens with two attached hydrogens (primary N) is 1. The molecule has 0 bridgehead atoms. The van der Waals surface area contributed by atoms with Crippen LogP contribution in [0.5, 0.6) is 17.2 Å². The highest BCUT2D eigenvalue weighted by atomic mass is 32.2. The summed E-state index contributed by atoms with van der Waals surface area (Å²) < 4.78 is 11.1. The van der Waals surface area contributed by atoms with Crippen molar-refractivity contribution < 1.29 is 23.9 Å². The monoisotopic (exact) mass is 386 g/mol. The predicted octanol–water partition coefficient (Wildman–Crippen LogP) is 3.27. The quantitative estimate of drug-likeness (QED) is 0.446. The van der Waals surface area contributed by atoms with Crippen LogP contribution in [-0.2, 0) is 16.0 Å². The molecule has 1 aliphatic rings. The molecule has 2 aromatic rings. The van der Waals surface area contributed by atoms with E-state index in [-0.39, 0.29) is 23.3 Å². The van der Waals surface area contributed by atoms with E-state index >= 15 is 0 Å². The smallest absolute Gasteiger partial charge is 0.311 e. The maximum Gasteiger partial charge on any atom is 0.311 e. The van der Waals surface area contributed by atoms with E-state index in [9.17, 15) is 14.4 Å². The van der Waals surface area contributed by atoms with E-state index in [0.717, 1.165) is 17.3 Å². The SMILES string of the molecule is CCC(=O)Oc1c(N)cccc1Oc1ccc(CC2SC(=O)NC2=O)cc1. The van der Waals surface area contributed by atoms with Crippen molar-refractivity contribution in [3.8, 4) is 17.2 Å². The summed E-state index contributed by atoms with van der Waals surface area (Å²) >= 11 is 0.993. The van der Waals surface area contributed by atoms with Gasteiger partial charge in [0, 0.05) is 6.42 Å². The lowest BCUT2D eigenvalue weighted by molar-refractivity contribution is -0.134. The zero-order chi connectivity index (χ0) is 19.4. The number of carbonyl (C=O) groups excluding carboxylic acids is 3. The minimum Gasteiger partial charge on any atom is -0.453 e. The third-order valence-electron chi connectivity index (χ3n) is 3.85. The van der Waals surface area contributed by atoms with Crippen molar-refractivity contribution in [1.29, 1.82) is 0 Å². The Bertz CT molecular complexity index is 882. The standard InChI is InChI=1S/C19H18N2O5S/c1-2-16(22)26-17-13(20)4-3-5-14(17)25-12-8-6-11(7-9-12)10-15-18(23)21-19(24)27-15/h3-9,15H,2,10,20H2,1H3,(H,21,23,24). The second-order valence-electron chi connectivity index (χ2n) is 5.84. The minimum atomic E-state index is -0.418. The Morgan fingerprint density at radius 2 is 1.93 bits per heavy atom. The molecule has 0 aromatic heterocycles. The van der Waals surface area contributed by atoms with E-state index in [0.29, 0.717) is 23.6 Å². The second kappa shape index (κ2) is 8.13. The molecular formula is C19H18N2O5S. The Morgan fingerprint density at radius 3 is 2.56 bits per heavy atom. The van der Waals surface area contributed by atoms with Crippen LogP contribution >= 0.6 is 11.8 Å². The molecule has 8 heteroatoms. The summed E-state index contributed by atoms with van der Waals surface area (Å²) in [7, 11) is 0. The number of anilines is 1. The first kappa shape index (κ1) is 18.8. The molecule has 2 aromatic carbocycles. The summed E-state index contributed by atoms with van der Waals surface area (Å²) in [4.78, 5) is 34.5. The zero-order valence-electron chi connectivity index (χ0n) is 14.6. The zero-order valence-corrected chi connectivity index (χ0v) is 15.4. The fourth-order valence-corrected chi connectivity index (χ4v) is 3.33. The van der Waals surface area contributed by atoms with Gasteiger partial charge < -0.3 is 15.2 Å². The molecule has 140 valence electrons. The highest BCUT2D eigenvalue weighted by Crippen LogP contribution is 2.36. The molecule has 2 amide bonds. The van der Waals surface area contributed by atoms with Crippen molar-refractivity contribution in [2.75, 3.05) is 5.73 Å². The number of thioether (sulfide) groups is 1. The molecule has 3 rings (SSSR count). The van der Waals surface area contributed by atoms with Crippen molar-refractivity contribution in [1.82, 2.24) is 5.32 Å². The molecule has 7 nitrogen and oxygen atoms in total. The lowest BCUT2D eigenvalue weighted by Gasteiger charge is -2.13. The summed E-state index contributed by atoms with van der Waals surface area (Å²) in [6, 6.07) is 12.1. The molecule has 1 heterocycles. The molecule has 1 unspecified atom stereocenters. The van der Waals surface area contributed by atoms with E-state index in [1.165, 1.54) is 0 Å². The van der Waals surface area contributed by atoms with E-state index in [1.807, 2.05) is 12.1 Å². The average Bonchev–Trinajstić information content (AvgIpc) is 2.96. The Kier molecular flexibility index (Phi) is 5.66. The first-order chi connectivity index (χ1) is 13.0. The van der Waals surface area contributed by atoms with Gasteiger partial charge in [-0.05, 0) is 36.2 Å². The molecule has 1 saturated heterocycles. The number of benzene rings is 2. The molecule has 0 spiro atoms. The lowest BCUT2D eigenvalue weighted by atomic mass is 10.1. The molecule has 1 fully saturated rings. The van der Waals surface area contributed by atoms with Crippen LogP contribution in [0.25, 0.3) is 0 Å². The van der Waals surface area contributed by atoms with Gasteiger partial charge in [0.1, 0.15) is 5.75 Å². The number of imide groups is 1. The van der Waals surface area contributed by atoms with Crippen LogP contribution in [0.15, 0.2) is 42.5 Å². The number of hydrogen-bond donors (Lipinski definition) is 2. The van der Waals surface area contributed by atoms with Crippen molar-refractivity contribution in [2.45, 2.75) is 25.0 Å². The molecule has 1 atom stereocenters. The number of carbonyl (C=O) groups is 3. The Balaban J connectivity index is 1.72. The van der Waals surface area contributed by atoms with Crippen LogP contribution < -0.4 is 20.5 Å². The number of amides is 2. The summed E-state index contributed by atoms with van der Waals surface area (Å²) in [6.07, 6.45) is 0.665. The van der Waals surface area contributed by atoms with Crippen molar-refractivity contribution in [2.24, 2.45) is 0 Å². The normalized spacial score (nSPS) is 16.1. The average molecular weight is 386 g/mol. The first-order valence-electron chi connectivity index (χ1n) is 8.33. The molecule has 0 aliphatic carbocycles. The van der Waals surface area contributed by atoms with Gasteiger partial charge in [-0.3, -0.25) is 19.7 Å². The largest absolute Gasteiger partial charge is 0.453 e. The van der Waals surface area contributed by atoms with Gasteiger partial charge in [0.25, 0.3) is 5.24 Å². The van der Waals surface area contributed by atoms with E-state index < -0.39 is 11.2 Å². The molecule has 27 heavy (non-hydrogen) atoms. The number of hydrogen-bond acceptors (Lipinski definition) is 7. The summed E-state index contributed by atoms with van der Waals surface area (Å²) in [5, 5.41) is 1.53. The molecule has 3 N–H and O–H groups in total. The van der Waals surface area contributed by atoms with Crippen molar-refractivity contribution in [3.63, 3.8) is 0 Å². The van der Waals surface area contributed by atoms with E-state index in [1.54, 1.807) is 37.3 Å². The van der Waals surface area contributed by atoms with Gasteiger partial charge in [-0.1, -0.05) is 36.9 Å². The summed E-state index contributed by atoms with van der Waals surface area (Å²) in [5.41, 5.74) is 7.10. The molecule has 1 aliphatic heterocycles. The predicted molar refractivity (Wildman–Crippen MR) is 102 cm³/mol. The molecule has 0 saturated carbocycles. The number of esters is 1. The van der Waals surface area contributed by atoms with E-state index in [4.69, 9.17) is 15.2 Å². The highest BCUT2D eigenvalue weighted by molar-refractivity contribution is 8.15. The lowest BCUT2D eigenvalue weighted by Crippen LogP contribution is -2.25. The van der Waals surface area contributed by atoms with E-state index in [2.05, 4.69) is 5.32 Å². The maximum atomic E-state index is 11.6. The first-order valence-corrected chi connectivity index (χ1v) is 9.21. The Morgan fingerprint density at radius 1 is 1.19 bits per heavy atom. The van der Waals surface area contributed by atoms with Gasteiger partial charge in [0.15, 0.2) is 11.5 Å². The molecular weight excluding hydrogens is 368 g/mol. The van der Waals surface area contributed by atoms with Gasteiger partial charge in [0.05, 0.1) is 10.9 Å². The third-order valence-corrected chi connectivity index (χ3v) is 4.83. The third kappa shape index (κ3) is 4.59. The van der Waals surface area contributed by atoms with Crippen LogP contribution in [0, 0.1) is 0 Å².